The number of carbonyl (C=O) groups is 6. The van der Waals surface area contributed by atoms with E-state index >= 15 is 0 Å². The fraction of sp³-hybridized carbons (Fsp3) is 0.700. The van der Waals surface area contributed by atoms with Gasteiger partial charge >= 0.3 is 17.9 Å². The van der Waals surface area contributed by atoms with Crippen LogP contribution in [0.5, 0.6) is 0 Å². The van der Waals surface area contributed by atoms with Crippen LogP contribution in [0.4, 0.5) is 0 Å². The van der Waals surface area contributed by atoms with E-state index in [1.807, 2.05) is 5.32 Å². The molecule has 5 unspecified atom stereocenters. The summed E-state index contributed by atoms with van der Waals surface area (Å²) in [4.78, 5) is 71.0. The molecule has 3 amide bonds. The molecule has 0 aromatic heterocycles. The molecule has 0 radical (unpaired) electrons. The molecule has 0 aromatic carbocycles. The van der Waals surface area contributed by atoms with Crippen molar-refractivity contribution < 1.29 is 44.1 Å². The van der Waals surface area contributed by atoms with Crippen LogP contribution in [0.15, 0.2) is 0 Å². The van der Waals surface area contributed by atoms with Crippen LogP contribution in [0.3, 0.4) is 0 Å². The van der Waals surface area contributed by atoms with E-state index in [9.17, 15) is 28.8 Å². The SMILES string of the molecule is CCC(C)C(NC(=O)C(N)C(C)C)C(=O)NC(CCC(=O)O)C(=O)NC(CC(=O)O)C(=O)O. The lowest BCUT2D eigenvalue weighted by atomic mass is 9.96. The van der Waals surface area contributed by atoms with Gasteiger partial charge in [0.05, 0.1) is 12.5 Å². The number of hydrogen-bond donors (Lipinski definition) is 7. The molecule has 0 bridgehead atoms. The van der Waals surface area contributed by atoms with Crippen LogP contribution >= 0.6 is 0 Å². The number of nitrogens with two attached hydrogens (primary N) is 1. The standard InChI is InChI=1S/C20H34N4O9/c1-5-10(4)16(24-18(30)15(21)9(2)3)19(31)22-11(6-7-13(25)26)17(29)23-12(20(32)33)8-14(27)28/h9-12,15-16H,5-8,21H2,1-4H3,(H,22,31)(H,23,29)(H,24,30)(H,25,26)(H,27,28)(H,32,33). The van der Waals surface area contributed by atoms with Crippen molar-refractivity contribution in [3.63, 3.8) is 0 Å². The molecule has 13 heteroatoms. The Kier molecular flexibility index (Phi) is 12.7. The van der Waals surface area contributed by atoms with Crippen molar-refractivity contribution >= 4 is 35.6 Å². The number of nitrogens with one attached hydrogen (secondary N) is 3. The van der Waals surface area contributed by atoms with E-state index in [0.29, 0.717) is 6.42 Å². The topological polar surface area (TPSA) is 225 Å². The summed E-state index contributed by atoms with van der Waals surface area (Å²) in [7, 11) is 0. The van der Waals surface area contributed by atoms with Crippen molar-refractivity contribution in [3.8, 4) is 0 Å². The van der Waals surface area contributed by atoms with Gasteiger partial charge in [0.15, 0.2) is 0 Å². The Morgan fingerprint density at radius 3 is 1.76 bits per heavy atom. The summed E-state index contributed by atoms with van der Waals surface area (Å²) in [6.45, 7) is 6.91. The number of carboxylic acids is 3. The first-order chi connectivity index (χ1) is 15.2. The van der Waals surface area contributed by atoms with Crippen molar-refractivity contribution in [2.45, 2.75) is 77.5 Å². The molecular formula is C20H34N4O9. The third kappa shape index (κ3) is 10.8. The number of carbonyl (C=O) groups excluding carboxylic acids is 3. The van der Waals surface area contributed by atoms with Gasteiger partial charge in [-0.2, -0.15) is 0 Å². The maximum Gasteiger partial charge on any atom is 0.326 e. The van der Waals surface area contributed by atoms with Gasteiger partial charge in [-0.1, -0.05) is 34.1 Å². The van der Waals surface area contributed by atoms with Crippen molar-refractivity contribution in [3.05, 3.63) is 0 Å². The van der Waals surface area contributed by atoms with Crippen LogP contribution in [0.1, 0.15) is 53.4 Å². The van der Waals surface area contributed by atoms with Crippen LogP contribution in [-0.2, 0) is 28.8 Å². The molecule has 13 nitrogen and oxygen atoms in total. The second-order valence-electron chi connectivity index (χ2n) is 8.13. The second-order valence-corrected chi connectivity index (χ2v) is 8.13. The molecule has 5 atom stereocenters. The van der Waals surface area contributed by atoms with Crippen molar-refractivity contribution in [1.29, 1.82) is 0 Å². The Bertz CT molecular complexity index is 741. The van der Waals surface area contributed by atoms with Crippen LogP contribution in [0, 0.1) is 11.8 Å². The van der Waals surface area contributed by atoms with Gasteiger partial charge in [0.2, 0.25) is 17.7 Å². The summed E-state index contributed by atoms with van der Waals surface area (Å²) in [6.07, 6.45) is -1.37. The minimum atomic E-state index is -1.78. The smallest absolute Gasteiger partial charge is 0.326 e. The van der Waals surface area contributed by atoms with Gasteiger partial charge in [0.1, 0.15) is 18.1 Å². The maximum atomic E-state index is 12.9. The summed E-state index contributed by atoms with van der Waals surface area (Å²) >= 11 is 0. The van der Waals surface area contributed by atoms with Crippen LogP contribution in [-0.4, -0.2) is 75.1 Å². The quantitative estimate of drug-likeness (QED) is 0.151. The average Bonchev–Trinajstić information content (AvgIpc) is 2.71. The normalized spacial score (nSPS) is 15.5. The second kappa shape index (κ2) is 14.0. The van der Waals surface area contributed by atoms with Gasteiger partial charge in [-0.05, 0) is 18.3 Å². The molecule has 0 aliphatic heterocycles. The zero-order chi connectivity index (χ0) is 25.9. The van der Waals surface area contributed by atoms with Gasteiger partial charge in [-0.3, -0.25) is 24.0 Å². The Morgan fingerprint density at radius 2 is 1.33 bits per heavy atom. The summed E-state index contributed by atoms with van der Waals surface area (Å²) in [5.74, 6) is -7.37. The zero-order valence-electron chi connectivity index (χ0n) is 19.2. The van der Waals surface area contributed by atoms with Crippen molar-refractivity contribution in [1.82, 2.24) is 16.0 Å². The third-order valence-electron chi connectivity index (χ3n) is 5.09. The fourth-order valence-corrected chi connectivity index (χ4v) is 2.70. The number of rotatable bonds is 15. The highest BCUT2D eigenvalue weighted by atomic mass is 16.4. The molecule has 0 saturated heterocycles. The maximum absolute atomic E-state index is 12.9. The molecule has 0 spiro atoms. The number of aliphatic carboxylic acids is 3. The highest BCUT2D eigenvalue weighted by molar-refractivity contribution is 5.95. The lowest BCUT2D eigenvalue weighted by Gasteiger charge is -2.28. The van der Waals surface area contributed by atoms with E-state index in [4.69, 9.17) is 21.1 Å². The minimum absolute atomic E-state index is 0.207. The van der Waals surface area contributed by atoms with Crippen LogP contribution in [0.2, 0.25) is 0 Å². The van der Waals surface area contributed by atoms with Gasteiger partial charge in [-0.15, -0.1) is 0 Å². The van der Waals surface area contributed by atoms with Gasteiger partial charge in [0.25, 0.3) is 0 Å². The molecule has 33 heavy (non-hydrogen) atoms. The highest BCUT2D eigenvalue weighted by Gasteiger charge is 2.33. The number of amides is 3. The van der Waals surface area contributed by atoms with E-state index in [1.54, 1.807) is 27.7 Å². The van der Waals surface area contributed by atoms with E-state index < -0.39 is 72.6 Å². The first-order valence-corrected chi connectivity index (χ1v) is 10.5. The van der Waals surface area contributed by atoms with Crippen LogP contribution < -0.4 is 21.7 Å². The molecule has 0 aliphatic rings. The third-order valence-corrected chi connectivity index (χ3v) is 5.09. The average molecular weight is 475 g/mol. The molecule has 0 heterocycles. The summed E-state index contributed by atoms with van der Waals surface area (Å²) < 4.78 is 0. The Hall–Kier alpha value is -3.22. The molecule has 0 fully saturated rings. The van der Waals surface area contributed by atoms with Crippen molar-refractivity contribution in [2.24, 2.45) is 17.6 Å². The van der Waals surface area contributed by atoms with E-state index in [-0.39, 0.29) is 18.3 Å². The predicted molar refractivity (Wildman–Crippen MR) is 115 cm³/mol. The molecule has 0 aliphatic carbocycles. The first kappa shape index (κ1) is 29.8. The van der Waals surface area contributed by atoms with Gasteiger partial charge in [0, 0.05) is 6.42 Å². The van der Waals surface area contributed by atoms with Gasteiger partial charge in [-0.25, -0.2) is 4.79 Å². The molecule has 0 aromatic rings. The van der Waals surface area contributed by atoms with Crippen molar-refractivity contribution in [2.75, 3.05) is 0 Å². The Balaban J connectivity index is 5.66. The van der Waals surface area contributed by atoms with Gasteiger partial charge < -0.3 is 37.0 Å². The molecule has 188 valence electrons. The zero-order valence-corrected chi connectivity index (χ0v) is 19.2. The highest BCUT2D eigenvalue weighted by Crippen LogP contribution is 2.11. The molecule has 8 N–H and O–H groups in total. The first-order valence-electron chi connectivity index (χ1n) is 10.5. The summed E-state index contributed by atoms with van der Waals surface area (Å²) in [5.41, 5.74) is 5.83. The van der Waals surface area contributed by atoms with E-state index in [2.05, 4.69) is 10.6 Å². The fourth-order valence-electron chi connectivity index (χ4n) is 2.70. The Morgan fingerprint density at radius 1 is 0.788 bits per heavy atom. The lowest BCUT2D eigenvalue weighted by Crippen LogP contribution is -2.59. The van der Waals surface area contributed by atoms with Crippen LogP contribution in [0.25, 0.3) is 0 Å². The lowest BCUT2D eigenvalue weighted by molar-refractivity contribution is -0.147. The number of carboxylic acid groups (broad SMARTS) is 3. The largest absolute Gasteiger partial charge is 0.481 e. The molecular weight excluding hydrogens is 440 g/mol. The minimum Gasteiger partial charge on any atom is -0.481 e. The summed E-state index contributed by atoms with van der Waals surface area (Å²) in [6, 6.07) is -5.25. The predicted octanol–water partition coefficient (Wildman–Crippen LogP) is -1.11. The monoisotopic (exact) mass is 474 g/mol. The summed E-state index contributed by atoms with van der Waals surface area (Å²) in [5, 5.41) is 33.8. The molecule has 0 rings (SSSR count). The van der Waals surface area contributed by atoms with E-state index in [0.717, 1.165) is 0 Å². The number of hydrogen-bond acceptors (Lipinski definition) is 7. The molecule has 0 saturated carbocycles. The van der Waals surface area contributed by atoms with E-state index in [1.165, 1.54) is 0 Å². The Labute approximate surface area is 191 Å².